The number of fused-ring (bicyclic) bond motifs is 1. The summed E-state index contributed by atoms with van der Waals surface area (Å²) in [6.07, 6.45) is 1.58. The Morgan fingerprint density at radius 3 is 2.84 bits per heavy atom. The molecule has 0 unspecified atom stereocenters. The first-order valence-electron chi connectivity index (χ1n) is 7.95. The van der Waals surface area contributed by atoms with Crippen molar-refractivity contribution >= 4 is 33.3 Å². The molecule has 1 amide bonds. The molecular weight excluding hydrogens is 344 g/mol. The van der Waals surface area contributed by atoms with Gasteiger partial charge in [0, 0.05) is 12.6 Å². The number of aryl methyl sites for hydroxylation is 1. The summed E-state index contributed by atoms with van der Waals surface area (Å²) in [6, 6.07) is 3.27. The van der Waals surface area contributed by atoms with Crippen molar-refractivity contribution in [1.82, 2.24) is 14.3 Å². The van der Waals surface area contributed by atoms with Crippen molar-refractivity contribution in [1.29, 1.82) is 0 Å². The van der Waals surface area contributed by atoms with Crippen LogP contribution in [-0.2, 0) is 17.9 Å². The fourth-order valence-corrected chi connectivity index (χ4v) is 3.39. The summed E-state index contributed by atoms with van der Waals surface area (Å²) in [5.74, 6) is 0.445. The second-order valence-electron chi connectivity index (χ2n) is 5.69. The summed E-state index contributed by atoms with van der Waals surface area (Å²) in [4.78, 5) is 37.5. The Labute approximate surface area is 146 Å². The minimum absolute atomic E-state index is 0.204. The lowest BCUT2D eigenvalue weighted by atomic mass is 10.3. The van der Waals surface area contributed by atoms with Crippen LogP contribution < -0.4 is 16.6 Å². The van der Waals surface area contributed by atoms with Crippen LogP contribution in [0.25, 0.3) is 10.2 Å². The maximum atomic E-state index is 12.7. The number of hydrogen-bond acceptors (Lipinski definition) is 6. The van der Waals surface area contributed by atoms with Gasteiger partial charge in [-0.05, 0) is 24.8 Å². The van der Waals surface area contributed by atoms with E-state index in [1.54, 1.807) is 24.4 Å². The van der Waals surface area contributed by atoms with Gasteiger partial charge in [0.25, 0.3) is 5.56 Å². The Morgan fingerprint density at radius 1 is 1.36 bits per heavy atom. The molecule has 132 valence electrons. The summed E-state index contributed by atoms with van der Waals surface area (Å²) in [7, 11) is 0. The van der Waals surface area contributed by atoms with E-state index in [9.17, 15) is 14.4 Å². The van der Waals surface area contributed by atoms with Gasteiger partial charge in [0.05, 0.1) is 5.52 Å². The molecule has 3 aromatic heterocycles. The van der Waals surface area contributed by atoms with E-state index in [2.05, 4.69) is 10.5 Å². The standard InChI is InChI=1S/C16H18N4O4S/c1-3-4-6-19-15(22)14-11(5-7-25-14)20(16(19)23)9-13(21)17-12-8-10(2)24-18-12/h5,7-8H,3-4,6,9H2,1-2H3,(H,17,18,21). The van der Waals surface area contributed by atoms with Crippen LogP contribution in [0.1, 0.15) is 25.5 Å². The molecule has 9 heteroatoms. The SMILES string of the molecule is CCCCn1c(=O)c2sccc2n(CC(=O)Nc2cc(C)on2)c1=O. The van der Waals surface area contributed by atoms with Crippen molar-refractivity contribution in [3.05, 3.63) is 44.1 Å². The van der Waals surface area contributed by atoms with E-state index in [4.69, 9.17) is 4.52 Å². The number of thiophene rings is 1. The van der Waals surface area contributed by atoms with Crippen LogP contribution in [0.15, 0.2) is 31.6 Å². The van der Waals surface area contributed by atoms with Crippen molar-refractivity contribution in [3.63, 3.8) is 0 Å². The van der Waals surface area contributed by atoms with E-state index in [1.165, 1.54) is 20.5 Å². The Morgan fingerprint density at radius 2 is 2.16 bits per heavy atom. The molecule has 0 spiro atoms. The molecule has 3 heterocycles. The highest BCUT2D eigenvalue weighted by Crippen LogP contribution is 2.15. The van der Waals surface area contributed by atoms with Gasteiger partial charge >= 0.3 is 5.69 Å². The van der Waals surface area contributed by atoms with Gasteiger partial charge in [-0.2, -0.15) is 0 Å². The summed E-state index contributed by atoms with van der Waals surface area (Å²) >= 11 is 1.27. The first kappa shape index (κ1) is 17.2. The van der Waals surface area contributed by atoms with Gasteiger partial charge in [-0.15, -0.1) is 11.3 Å². The highest BCUT2D eigenvalue weighted by atomic mass is 32.1. The number of nitrogens with zero attached hydrogens (tertiary/aromatic N) is 3. The first-order valence-corrected chi connectivity index (χ1v) is 8.83. The van der Waals surface area contributed by atoms with Crippen molar-refractivity contribution in [2.45, 2.75) is 39.8 Å². The van der Waals surface area contributed by atoms with E-state index in [0.717, 1.165) is 12.8 Å². The normalized spacial score (nSPS) is 11.1. The molecule has 0 aliphatic carbocycles. The molecule has 0 radical (unpaired) electrons. The number of amides is 1. The van der Waals surface area contributed by atoms with E-state index < -0.39 is 11.6 Å². The van der Waals surface area contributed by atoms with Gasteiger partial charge in [0.15, 0.2) is 5.82 Å². The Bertz CT molecular complexity index is 1030. The Hall–Kier alpha value is -2.68. The van der Waals surface area contributed by atoms with Crippen LogP contribution in [0, 0.1) is 6.92 Å². The maximum absolute atomic E-state index is 12.7. The predicted octanol–water partition coefficient (Wildman–Crippen LogP) is 1.96. The summed E-state index contributed by atoms with van der Waals surface area (Å²) in [5, 5.41) is 8.02. The molecule has 0 saturated carbocycles. The third-order valence-corrected chi connectivity index (χ3v) is 4.66. The van der Waals surface area contributed by atoms with Crippen LogP contribution >= 0.6 is 11.3 Å². The third kappa shape index (κ3) is 3.41. The number of carbonyl (C=O) groups excluding carboxylic acids is 1. The highest BCUT2D eigenvalue weighted by molar-refractivity contribution is 7.17. The molecule has 0 fully saturated rings. The minimum atomic E-state index is -0.476. The number of rotatable bonds is 6. The molecule has 3 rings (SSSR count). The number of anilines is 1. The van der Waals surface area contributed by atoms with Gasteiger partial charge in [-0.25, -0.2) is 4.79 Å². The highest BCUT2D eigenvalue weighted by Gasteiger charge is 2.16. The quantitative estimate of drug-likeness (QED) is 0.723. The van der Waals surface area contributed by atoms with E-state index in [1.807, 2.05) is 6.92 Å². The number of carbonyl (C=O) groups is 1. The predicted molar refractivity (Wildman–Crippen MR) is 95.1 cm³/mol. The maximum Gasteiger partial charge on any atom is 0.332 e. The fraction of sp³-hybridized carbons (Fsp3) is 0.375. The van der Waals surface area contributed by atoms with Crippen LogP contribution in [-0.4, -0.2) is 20.2 Å². The lowest BCUT2D eigenvalue weighted by Crippen LogP contribution is -2.41. The smallest absolute Gasteiger partial charge is 0.332 e. The van der Waals surface area contributed by atoms with Crippen LogP contribution in [0.4, 0.5) is 5.82 Å². The molecule has 3 aromatic rings. The molecule has 0 saturated heterocycles. The topological polar surface area (TPSA) is 99.1 Å². The van der Waals surface area contributed by atoms with Gasteiger partial charge in [0.2, 0.25) is 5.91 Å². The largest absolute Gasteiger partial charge is 0.360 e. The molecule has 0 bridgehead atoms. The van der Waals surface area contributed by atoms with E-state index >= 15 is 0 Å². The van der Waals surface area contributed by atoms with Crippen LogP contribution in [0.5, 0.6) is 0 Å². The zero-order valence-electron chi connectivity index (χ0n) is 13.9. The zero-order valence-corrected chi connectivity index (χ0v) is 14.8. The van der Waals surface area contributed by atoms with Crippen LogP contribution in [0.2, 0.25) is 0 Å². The van der Waals surface area contributed by atoms with E-state index in [-0.39, 0.29) is 17.9 Å². The summed E-state index contributed by atoms with van der Waals surface area (Å²) in [6.45, 7) is 3.84. The van der Waals surface area contributed by atoms with Crippen LogP contribution in [0.3, 0.4) is 0 Å². The van der Waals surface area contributed by atoms with Gasteiger partial charge in [-0.3, -0.25) is 18.7 Å². The minimum Gasteiger partial charge on any atom is -0.360 e. The van der Waals surface area contributed by atoms with Gasteiger partial charge in [0.1, 0.15) is 17.0 Å². The lowest BCUT2D eigenvalue weighted by molar-refractivity contribution is -0.116. The first-order chi connectivity index (χ1) is 12.0. The molecule has 0 aliphatic rings. The molecule has 0 atom stereocenters. The molecule has 25 heavy (non-hydrogen) atoms. The third-order valence-electron chi connectivity index (χ3n) is 3.77. The second kappa shape index (κ2) is 7.06. The van der Waals surface area contributed by atoms with Crippen molar-refractivity contribution < 1.29 is 9.32 Å². The Kier molecular flexibility index (Phi) is 4.84. The molecule has 0 aliphatic heterocycles. The molecular formula is C16H18N4O4S. The molecule has 0 aromatic carbocycles. The van der Waals surface area contributed by atoms with Crippen molar-refractivity contribution in [2.24, 2.45) is 0 Å². The lowest BCUT2D eigenvalue weighted by Gasteiger charge is -2.11. The molecule has 8 nitrogen and oxygen atoms in total. The Balaban J connectivity index is 1.97. The van der Waals surface area contributed by atoms with Crippen molar-refractivity contribution in [3.8, 4) is 0 Å². The van der Waals surface area contributed by atoms with E-state index in [0.29, 0.717) is 22.5 Å². The summed E-state index contributed by atoms with van der Waals surface area (Å²) < 4.78 is 7.90. The van der Waals surface area contributed by atoms with Gasteiger partial charge < -0.3 is 9.84 Å². The summed E-state index contributed by atoms with van der Waals surface area (Å²) in [5.41, 5.74) is -0.303. The molecule has 1 N–H and O–H groups in total. The van der Waals surface area contributed by atoms with Crippen molar-refractivity contribution in [2.75, 3.05) is 5.32 Å². The number of hydrogen-bond donors (Lipinski definition) is 1. The second-order valence-corrected chi connectivity index (χ2v) is 6.60. The number of aromatic nitrogens is 3. The number of unbranched alkanes of at least 4 members (excludes halogenated alkanes) is 1. The monoisotopic (exact) mass is 362 g/mol. The average molecular weight is 362 g/mol. The fourth-order valence-electron chi connectivity index (χ4n) is 2.55. The number of nitrogens with one attached hydrogen (secondary N) is 1. The average Bonchev–Trinajstić information content (AvgIpc) is 3.21. The zero-order chi connectivity index (χ0) is 18.0. The van der Waals surface area contributed by atoms with Gasteiger partial charge in [-0.1, -0.05) is 18.5 Å².